The minimum Gasteiger partial charge on any atom is -0.496 e. The predicted octanol–water partition coefficient (Wildman–Crippen LogP) is 3.49. The predicted molar refractivity (Wildman–Crippen MR) is 121 cm³/mol. The van der Waals surface area contributed by atoms with Gasteiger partial charge in [0.2, 0.25) is 5.91 Å². The van der Waals surface area contributed by atoms with Gasteiger partial charge in [-0.3, -0.25) is 4.79 Å². The van der Waals surface area contributed by atoms with Gasteiger partial charge in [-0.2, -0.15) is 0 Å². The van der Waals surface area contributed by atoms with Crippen LogP contribution in [0.25, 0.3) is 0 Å². The SMILES string of the molecule is CCCC(=O)NC(Cc1cccc(C(=O)O)c1OC)B1OC2CC3CC(C3(C)C)C2(C)O1. The zero-order valence-corrected chi connectivity index (χ0v) is 19.6. The van der Waals surface area contributed by atoms with Gasteiger partial charge in [0, 0.05) is 6.42 Å². The number of benzene rings is 1. The van der Waals surface area contributed by atoms with E-state index in [9.17, 15) is 14.7 Å². The maximum atomic E-state index is 12.6. The maximum absolute atomic E-state index is 12.6. The monoisotopic (exact) mass is 443 g/mol. The van der Waals surface area contributed by atoms with Gasteiger partial charge in [0.25, 0.3) is 0 Å². The van der Waals surface area contributed by atoms with Crippen LogP contribution in [0.1, 0.15) is 69.3 Å². The molecule has 2 N–H and O–H groups in total. The summed E-state index contributed by atoms with van der Waals surface area (Å²) in [4.78, 5) is 24.2. The molecule has 3 saturated carbocycles. The molecule has 32 heavy (non-hydrogen) atoms. The van der Waals surface area contributed by atoms with Crippen molar-refractivity contribution in [2.75, 3.05) is 7.11 Å². The number of rotatable bonds is 8. The molecule has 8 heteroatoms. The Labute approximate surface area is 190 Å². The van der Waals surface area contributed by atoms with Crippen molar-refractivity contribution in [1.29, 1.82) is 0 Å². The first kappa shape index (κ1) is 23.1. The lowest BCUT2D eigenvalue weighted by Crippen LogP contribution is -2.65. The number of carboxylic acids is 1. The van der Waals surface area contributed by atoms with Gasteiger partial charge >= 0.3 is 13.1 Å². The molecule has 1 aromatic rings. The van der Waals surface area contributed by atoms with E-state index in [1.807, 2.05) is 13.0 Å². The third-order valence-electron chi connectivity index (χ3n) is 8.09. The maximum Gasteiger partial charge on any atom is 0.482 e. The first-order valence-corrected chi connectivity index (χ1v) is 11.6. The van der Waals surface area contributed by atoms with E-state index in [-0.39, 0.29) is 28.6 Å². The molecule has 7 nitrogen and oxygen atoms in total. The number of para-hydroxylation sites is 1. The van der Waals surface area contributed by atoms with Crippen molar-refractivity contribution in [3.05, 3.63) is 29.3 Å². The number of hydrogen-bond donors (Lipinski definition) is 2. The first-order valence-electron chi connectivity index (χ1n) is 11.6. The Balaban J connectivity index is 1.61. The van der Waals surface area contributed by atoms with E-state index in [0.29, 0.717) is 36.0 Å². The lowest BCUT2D eigenvalue weighted by atomic mass is 9.43. The number of ether oxygens (including phenoxy) is 1. The highest BCUT2D eigenvalue weighted by molar-refractivity contribution is 6.48. The minimum absolute atomic E-state index is 0.00195. The van der Waals surface area contributed by atoms with Crippen LogP contribution in [-0.4, -0.2) is 48.9 Å². The van der Waals surface area contributed by atoms with Gasteiger partial charge in [-0.25, -0.2) is 4.79 Å². The van der Waals surface area contributed by atoms with Crippen molar-refractivity contribution in [3.8, 4) is 5.75 Å². The molecule has 1 aliphatic heterocycles. The lowest BCUT2D eigenvalue weighted by Gasteiger charge is -2.64. The third kappa shape index (κ3) is 3.71. The quantitative estimate of drug-likeness (QED) is 0.598. The Morgan fingerprint density at radius 2 is 2.06 bits per heavy atom. The number of carbonyl (C=O) groups is 2. The van der Waals surface area contributed by atoms with E-state index in [4.69, 9.17) is 14.0 Å². The van der Waals surface area contributed by atoms with Gasteiger partial charge in [-0.1, -0.05) is 32.9 Å². The fraction of sp³-hybridized carbons (Fsp3) is 0.667. The van der Waals surface area contributed by atoms with Crippen molar-refractivity contribution in [2.24, 2.45) is 17.3 Å². The molecule has 4 fully saturated rings. The van der Waals surface area contributed by atoms with Crippen LogP contribution < -0.4 is 10.1 Å². The molecule has 1 saturated heterocycles. The van der Waals surface area contributed by atoms with Gasteiger partial charge < -0.3 is 24.5 Å². The van der Waals surface area contributed by atoms with Gasteiger partial charge in [0.05, 0.1) is 24.8 Å². The fourth-order valence-electron chi connectivity index (χ4n) is 6.18. The Hall–Kier alpha value is -2.06. The number of hydrogen-bond acceptors (Lipinski definition) is 5. The van der Waals surface area contributed by atoms with Gasteiger partial charge in [-0.05, 0) is 61.5 Å². The molecule has 1 amide bonds. The standard InChI is InChI=1S/C24H34BNO6/c1-6-8-20(27)26-19(11-14-9-7-10-16(22(28)29)21(14)30-5)25-31-18-13-15-12-17(23(15,2)3)24(18,4)32-25/h7,9-10,15,17-19H,6,8,11-13H2,1-5H3,(H,26,27)(H,28,29). The molecule has 1 heterocycles. The molecule has 1 aromatic carbocycles. The highest BCUT2D eigenvalue weighted by Gasteiger charge is 2.68. The number of methoxy groups -OCH3 is 1. The second kappa shape index (κ2) is 8.38. The Morgan fingerprint density at radius 1 is 1.31 bits per heavy atom. The number of carbonyl (C=O) groups excluding carboxylic acids is 1. The topological polar surface area (TPSA) is 94.1 Å². The van der Waals surface area contributed by atoms with Gasteiger partial charge in [0.1, 0.15) is 11.3 Å². The van der Waals surface area contributed by atoms with Crippen LogP contribution in [0, 0.1) is 17.3 Å². The largest absolute Gasteiger partial charge is 0.496 e. The second-order valence-corrected chi connectivity index (χ2v) is 10.3. The average molecular weight is 443 g/mol. The molecule has 5 unspecified atom stereocenters. The van der Waals surface area contributed by atoms with Crippen molar-refractivity contribution in [1.82, 2.24) is 5.32 Å². The third-order valence-corrected chi connectivity index (χ3v) is 8.09. The van der Waals surface area contributed by atoms with E-state index in [2.05, 4.69) is 26.1 Å². The van der Waals surface area contributed by atoms with E-state index in [1.165, 1.54) is 13.2 Å². The van der Waals surface area contributed by atoms with Crippen LogP contribution in [0.15, 0.2) is 18.2 Å². The first-order chi connectivity index (χ1) is 15.1. The second-order valence-electron chi connectivity index (χ2n) is 10.3. The Kier molecular flexibility index (Phi) is 6.05. The van der Waals surface area contributed by atoms with E-state index in [0.717, 1.165) is 19.3 Å². The number of aromatic carboxylic acids is 1. The van der Waals surface area contributed by atoms with Crippen LogP contribution in [0.5, 0.6) is 5.75 Å². The Bertz CT molecular complexity index is 904. The van der Waals surface area contributed by atoms with Crippen molar-refractivity contribution < 1.29 is 28.7 Å². The zero-order chi connectivity index (χ0) is 23.3. The van der Waals surface area contributed by atoms with Gasteiger partial charge in [-0.15, -0.1) is 0 Å². The lowest BCUT2D eigenvalue weighted by molar-refractivity contribution is -0.199. The Morgan fingerprint density at radius 3 is 2.69 bits per heavy atom. The van der Waals surface area contributed by atoms with Crippen LogP contribution in [0.2, 0.25) is 0 Å². The van der Waals surface area contributed by atoms with Crippen molar-refractivity contribution >= 4 is 19.0 Å². The van der Waals surface area contributed by atoms with Crippen molar-refractivity contribution in [3.63, 3.8) is 0 Å². The van der Waals surface area contributed by atoms with Crippen LogP contribution in [0.3, 0.4) is 0 Å². The molecule has 0 radical (unpaired) electrons. The molecular formula is C24H34BNO6. The molecular weight excluding hydrogens is 409 g/mol. The fourth-order valence-corrected chi connectivity index (χ4v) is 6.18. The summed E-state index contributed by atoms with van der Waals surface area (Å²) in [6.45, 7) is 8.73. The summed E-state index contributed by atoms with van der Waals surface area (Å²) >= 11 is 0. The van der Waals surface area contributed by atoms with E-state index < -0.39 is 19.0 Å². The van der Waals surface area contributed by atoms with Crippen molar-refractivity contribution in [2.45, 2.75) is 77.4 Å². The zero-order valence-electron chi connectivity index (χ0n) is 19.6. The van der Waals surface area contributed by atoms with Crippen LogP contribution in [-0.2, 0) is 20.5 Å². The molecule has 2 bridgehead atoms. The highest BCUT2D eigenvalue weighted by Crippen LogP contribution is 2.65. The summed E-state index contributed by atoms with van der Waals surface area (Å²) in [5.74, 6) is -0.213. The number of nitrogens with one attached hydrogen (secondary N) is 1. The molecule has 5 rings (SSSR count). The average Bonchev–Trinajstić information content (AvgIpc) is 3.10. The van der Waals surface area contributed by atoms with E-state index in [1.54, 1.807) is 6.07 Å². The summed E-state index contributed by atoms with van der Waals surface area (Å²) in [6, 6.07) is 5.04. The molecule has 3 aliphatic carbocycles. The molecule has 0 spiro atoms. The minimum atomic E-state index is -1.05. The summed E-state index contributed by atoms with van der Waals surface area (Å²) in [5.41, 5.74) is 0.638. The molecule has 0 aromatic heterocycles. The molecule has 4 aliphatic rings. The molecule has 5 atom stereocenters. The summed E-state index contributed by atoms with van der Waals surface area (Å²) in [7, 11) is 0.864. The van der Waals surface area contributed by atoms with Crippen LogP contribution in [0.4, 0.5) is 0 Å². The number of carboxylic acid groups (broad SMARTS) is 1. The summed E-state index contributed by atoms with van der Waals surface area (Å²) in [5, 5.41) is 12.6. The van der Waals surface area contributed by atoms with Crippen LogP contribution >= 0.6 is 0 Å². The number of amides is 1. The van der Waals surface area contributed by atoms with Gasteiger partial charge in [0.15, 0.2) is 0 Å². The van der Waals surface area contributed by atoms with E-state index >= 15 is 0 Å². The smallest absolute Gasteiger partial charge is 0.482 e. The highest BCUT2D eigenvalue weighted by atomic mass is 16.7. The summed E-state index contributed by atoms with van der Waals surface area (Å²) in [6.07, 6.45) is 3.61. The summed E-state index contributed by atoms with van der Waals surface area (Å²) < 4.78 is 18.5. The molecule has 174 valence electrons. The normalized spacial score (nSPS) is 30.8.